The summed E-state index contributed by atoms with van der Waals surface area (Å²) >= 11 is 0. The van der Waals surface area contributed by atoms with Gasteiger partial charge in [0, 0.05) is 26.2 Å². The summed E-state index contributed by atoms with van der Waals surface area (Å²) < 4.78 is 45.3. The molecule has 0 bridgehead atoms. The van der Waals surface area contributed by atoms with Crippen LogP contribution in [0.5, 0.6) is 0 Å². The minimum Gasteiger partial charge on any atom is -0.354 e. The van der Waals surface area contributed by atoms with E-state index < -0.39 is 17.8 Å². The van der Waals surface area contributed by atoms with Gasteiger partial charge < -0.3 is 14.3 Å². The largest absolute Gasteiger partial charge is 0.354 e. The lowest BCUT2D eigenvalue weighted by Crippen LogP contribution is -2.44. The highest BCUT2D eigenvalue weighted by Gasteiger charge is 2.22. The molecule has 1 aromatic carbocycles. The molecular formula is C19H18F3N5O. The number of halogens is 3. The normalized spacial score (nSPS) is 15.4. The van der Waals surface area contributed by atoms with Crippen LogP contribution in [0.1, 0.15) is 12.0 Å². The zero-order valence-corrected chi connectivity index (χ0v) is 15.1. The second-order valence-corrected chi connectivity index (χ2v) is 6.60. The molecule has 2 aromatic heterocycles. The maximum absolute atomic E-state index is 14.3. The average molecular weight is 389 g/mol. The van der Waals surface area contributed by atoms with E-state index in [2.05, 4.69) is 32.0 Å². The van der Waals surface area contributed by atoms with Gasteiger partial charge in [0.15, 0.2) is 0 Å². The first kappa shape index (κ1) is 18.4. The number of pyridine rings is 1. The number of aromatic nitrogens is 3. The number of benzene rings is 1. The Kier molecular flexibility index (Phi) is 4.99. The van der Waals surface area contributed by atoms with Gasteiger partial charge in [-0.15, -0.1) is 0 Å². The number of anilines is 1. The van der Waals surface area contributed by atoms with Crippen LogP contribution in [-0.4, -0.2) is 53.3 Å². The maximum Gasteiger partial charge on any atom is 0.266 e. The number of hydrogen-bond donors (Lipinski definition) is 0. The molecule has 4 rings (SSSR count). The smallest absolute Gasteiger partial charge is 0.266 e. The first-order valence-electron chi connectivity index (χ1n) is 8.84. The van der Waals surface area contributed by atoms with E-state index in [4.69, 9.17) is 4.52 Å². The molecule has 3 heterocycles. The number of hydrogen-bond acceptors (Lipinski definition) is 6. The highest BCUT2D eigenvalue weighted by atomic mass is 19.3. The van der Waals surface area contributed by atoms with Gasteiger partial charge in [0.1, 0.15) is 17.3 Å². The van der Waals surface area contributed by atoms with E-state index in [0.29, 0.717) is 5.69 Å². The zero-order chi connectivity index (χ0) is 19.7. The molecule has 0 aliphatic carbocycles. The van der Waals surface area contributed by atoms with Gasteiger partial charge >= 0.3 is 0 Å². The molecule has 1 aliphatic rings. The molecule has 6 nitrogen and oxygen atoms in total. The summed E-state index contributed by atoms with van der Waals surface area (Å²) in [5.41, 5.74) is -0.393. The number of piperazine rings is 1. The second kappa shape index (κ2) is 7.59. The molecule has 0 amide bonds. The van der Waals surface area contributed by atoms with E-state index in [1.165, 1.54) is 12.1 Å². The molecule has 1 saturated heterocycles. The molecule has 146 valence electrons. The van der Waals surface area contributed by atoms with Crippen molar-refractivity contribution in [3.05, 3.63) is 47.8 Å². The molecular weight excluding hydrogens is 371 g/mol. The summed E-state index contributed by atoms with van der Waals surface area (Å²) in [5, 5.41) is 3.85. The molecule has 1 fully saturated rings. The van der Waals surface area contributed by atoms with Gasteiger partial charge in [-0.3, -0.25) is 0 Å². The van der Waals surface area contributed by atoms with Gasteiger partial charge in [0.2, 0.25) is 5.82 Å². The molecule has 0 atom stereocenters. The molecule has 9 heteroatoms. The average Bonchev–Trinajstić information content (AvgIpc) is 3.18. The van der Waals surface area contributed by atoms with E-state index >= 15 is 0 Å². The minimum atomic E-state index is -2.93. The Balaban J connectivity index is 1.62. The van der Waals surface area contributed by atoms with Crippen LogP contribution >= 0.6 is 0 Å². The van der Waals surface area contributed by atoms with Crippen molar-refractivity contribution < 1.29 is 17.7 Å². The van der Waals surface area contributed by atoms with Crippen LogP contribution in [0.2, 0.25) is 0 Å². The predicted octanol–water partition coefficient (Wildman–Crippen LogP) is 3.63. The third-order valence-electron chi connectivity index (χ3n) is 4.71. The first-order chi connectivity index (χ1) is 13.5. The summed E-state index contributed by atoms with van der Waals surface area (Å²) in [5.74, 6) is -0.260. The topological polar surface area (TPSA) is 58.3 Å². The van der Waals surface area contributed by atoms with Crippen molar-refractivity contribution in [3.63, 3.8) is 0 Å². The summed E-state index contributed by atoms with van der Waals surface area (Å²) in [6.07, 6.45) is -2.93. The van der Waals surface area contributed by atoms with Gasteiger partial charge in [-0.25, -0.2) is 18.2 Å². The van der Waals surface area contributed by atoms with Crippen LogP contribution in [0.3, 0.4) is 0 Å². The predicted molar refractivity (Wildman–Crippen MR) is 97.6 cm³/mol. The van der Waals surface area contributed by atoms with Crippen LogP contribution in [0.4, 0.5) is 19.0 Å². The molecule has 0 saturated carbocycles. The van der Waals surface area contributed by atoms with E-state index in [1.54, 1.807) is 6.07 Å². The monoisotopic (exact) mass is 389 g/mol. The lowest BCUT2D eigenvalue weighted by molar-refractivity contribution is 0.146. The highest BCUT2D eigenvalue weighted by molar-refractivity contribution is 5.60. The van der Waals surface area contributed by atoms with E-state index in [0.717, 1.165) is 38.1 Å². The van der Waals surface area contributed by atoms with E-state index in [9.17, 15) is 13.2 Å². The molecule has 1 aliphatic heterocycles. The summed E-state index contributed by atoms with van der Waals surface area (Å²) in [7, 11) is 2.07. The lowest BCUT2D eigenvalue weighted by atomic mass is 10.1. The Morgan fingerprint density at radius 2 is 1.75 bits per heavy atom. The fourth-order valence-corrected chi connectivity index (χ4v) is 3.08. The first-order valence-corrected chi connectivity index (χ1v) is 8.84. The second-order valence-electron chi connectivity index (χ2n) is 6.60. The Morgan fingerprint density at radius 3 is 2.50 bits per heavy atom. The number of alkyl halides is 2. The fraction of sp³-hybridized carbons (Fsp3) is 0.316. The number of rotatable bonds is 4. The van der Waals surface area contributed by atoms with Crippen molar-refractivity contribution in [2.75, 3.05) is 38.1 Å². The van der Waals surface area contributed by atoms with Gasteiger partial charge in [0.05, 0.1) is 11.1 Å². The van der Waals surface area contributed by atoms with E-state index in [1.807, 2.05) is 12.1 Å². The van der Waals surface area contributed by atoms with Crippen LogP contribution in [-0.2, 0) is 0 Å². The van der Waals surface area contributed by atoms with Crippen molar-refractivity contribution in [2.24, 2.45) is 0 Å². The van der Waals surface area contributed by atoms with E-state index in [-0.39, 0.29) is 17.3 Å². The standard InChI is InChI=1S/C19H18F3N5O/c1-26-8-10-27(11-9-26)15-7-3-6-14(23-15)18-24-19(28-25-18)13-5-2-4-12(16(13)20)17(21)22/h2-7,17H,8-11H2,1H3. The highest BCUT2D eigenvalue weighted by Crippen LogP contribution is 2.30. The molecule has 0 N–H and O–H groups in total. The quantitative estimate of drug-likeness (QED) is 0.679. The third-order valence-corrected chi connectivity index (χ3v) is 4.71. The lowest BCUT2D eigenvalue weighted by Gasteiger charge is -2.33. The van der Waals surface area contributed by atoms with Crippen molar-refractivity contribution in [1.82, 2.24) is 20.0 Å². The summed E-state index contributed by atoms with van der Waals surface area (Å²) in [6.45, 7) is 3.60. The zero-order valence-electron chi connectivity index (χ0n) is 15.1. The van der Waals surface area contributed by atoms with Gasteiger partial charge in [-0.05, 0) is 25.2 Å². The Labute approximate surface area is 159 Å². The maximum atomic E-state index is 14.3. The van der Waals surface area contributed by atoms with Crippen LogP contribution < -0.4 is 4.90 Å². The number of nitrogens with zero attached hydrogens (tertiary/aromatic N) is 5. The van der Waals surface area contributed by atoms with Gasteiger partial charge in [0.25, 0.3) is 12.3 Å². The molecule has 0 spiro atoms. The molecule has 3 aromatic rings. The van der Waals surface area contributed by atoms with Crippen molar-refractivity contribution in [1.29, 1.82) is 0 Å². The summed E-state index contributed by atoms with van der Waals surface area (Å²) in [6, 6.07) is 9.15. The fourth-order valence-electron chi connectivity index (χ4n) is 3.08. The van der Waals surface area contributed by atoms with Crippen LogP contribution in [0.25, 0.3) is 23.0 Å². The summed E-state index contributed by atoms with van der Waals surface area (Å²) in [4.78, 5) is 13.1. The Hall–Kier alpha value is -2.94. The van der Waals surface area contributed by atoms with Crippen LogP contribution in [0.15, 0.2) is 40.9 Å². The Bertz CT molecular complexity index is 970. The number of likely N-dealkylation sites (N-methyl/N-ethyl adjacent to an activating group) is 1. The van der Waals surface area contributed by atoms with Crippen molar-refractivity contribution >= 4 is 5.82 Å². The molecule has 0 unspecified atom stereocenters. The van der Waals surface area contributed by atoms with Gasteiger partial charge in [-0.1, -0.05) is 23.4 Å². The Morgan fingerprint density at radius 1 is 1.00 bits per heavy atom. The van der Waals surface area contributed by atoms with Gasteiger partial charge in [-0.2, -0.15) is 4.98 Å². The molecule has 28 heavy (non-hydrogen) atoms. The van der Waals surface area contributed by atoms with Crippen molar-refractivity contribution in [3.8, 4) is 23.0 Å². The minimum absolute atomic E-state index is 0.160. The molecule has 0 radical (unpaired) electrons. The van der Waals surface area contributed by atoms with Crippen molar-refractivity contribution in [2.45, 2.75) is 6.43 Å². The SMILES string of the molecule is CN1CCN(c2cccc(-c3noc(-c4cccc(C(F)F)c4F)n3)n2)CC1. The third kappa shape index (κ3) is 3.57. The van der Waals surface area contributed by atoms with Crippen LogP contribution in [0, 0.1) is 5.82 Å².